The summed E-state index contributed by atoms with van der Waals surface area (Å²) in [5.74, 6) is 0.478. The predicted octanol–water partition coefficient (Wildman–Crippen LogP) is 14.5. The highest BCUT2D eigenvalue weighted by atomic mass is 32.1. The van der Waals surface area contributed by atoms with Gasteiger partial charge in [-0.15, -0.1) is 22.7 Å². The molecule has 0 aliphatic carbocycles. The van der Waals surface area contributed by atoms with Crippen molar-refractivity contribution in [1.29, 1.82) is 0 Å². The third-order valence-electron chi connectivity index (χ3n) is 15.9. The van der Waals surface area contributed by atoms with Crippen LogP contribution in [0.4, 0.5) is 0 Å². The van der Waals surface area contributed by atoms with Crippen LogP contribution in [-0.2, 0) is 18.9 Å². The lowest BCUT2D eigenvalue weighted by Gasteiger charge is -2.39. The van der Waals surface area contributed by atoms with Crippen molar-refractivity contribution in [3.8, 4) is 0 Å². The van der Waals surface area contributed by atoms with E-state index in [0.29, 0.717) is 36.1 Å². The van der Waals surface area contributed by atoms with E-state index in [2.05, 4.69) is 45.9 Å². The second-order valence-electron chi connectivity index (χ2n) is 23.4. The van der Waals surface area contributed by atoms with Crippen LogP contribution in [0.15, 0.2) is 35.4 Å². The molecule has 0 bridgehead atoms. The van der Waals surface area contributed by atoms with Gasteiger partial charge in [0.1, 0.15) is 0 Å². The zero-order valence-corrected chi connectivity index (χ0v) is 48.9. The summed E-state index contributed by atoms with van der Waals surface area (Å²) in [7, 11) is 1.72. The third-order valence-corrected chi connectivity index (χ3v) is 18.2. The Kier molecular flexibility index (Phi) is 25.2. The van der Waals surface area contributed by atoms with E-state index in [0.717, 1.165) is 82.1 Å². The van der Waals surface area contributed by atoms with E-state index in [1.807, 2.05) is 50.4 Å². The van der Waals surface area contributed by atoms with E-state index >= 15 is 9.59 Å². The maximum Gasteiger partial charge on any atom is 0.341 e. The average molecular weight is 1020 g/mol. The van der Waals surface area contributed by atoms with Crippen LogP contribution in [0.25, 0.3) is 11.4 Å². The molecule has 0 saturated heterocycles. The highest BCUT2D eigenvalue weighted by Gasteiger charge is 2.50. The topological polar surface area (TPSA) is 99.5 Å². The normalized spacial score (nSPS) is 15.8. The molecule has 399 valence electrons. The molecule has 0 spiro atoms. The van der Waals surface area contributed by atoms with E-state index in [1.54, 1.807) is 46.5 Å². The molecular formula is C59H99B2N2O6S2. The minimum Gasteiger partial charge on any atom is -0.426 e. The summed E-state index contributed by atoms with van der Waals surface area (Å²) in [4.78, 5) is 37.4. The smallest absolute Gasteiger partial charge is 0.341 e. The van der Waals surface area contributed by atoms with Gasteiger partial charge in [-0.1, -0.05) is 175 Å². The van der Waals surface area contributed by atoms with Crippen LogP contribution in [-0.4, -0.2) is 81.7 Å². The monoisotopic (exact) mass is 1020 g/mol. The zero-order chi connectivity index (χ0) is 52.4. The van der Waals surface area contributed by atoms with Crippen molar-refractivity contribution in [2.75, 3.05) is 13.1 Å². The summed E-state index contributed by atoms with van der Waals surface area (Å²) in [6.07, 6.45) is 28.4. The largest absolute Gasteiger partial charge is 0.426 e. The number of unbranched alkanes of at least 4 members (excludes halogenated alkanes) is 16. The SMILES string of the molecule is CCCCCCCCC(CCCCCC)CN1C(=O)C2=C(c3ccc(B(C)OC(C)(C)C(C)(C)O)s3)N(CC(CCCCCC)CCCCCCCC)C(=O)C2=C1c1ccc([B]OC(C)(C)C(C)(C)O)s1. The highest BCUT2D eigenvalue weighted by molar-refractivity contribution is 7.23. The Bertz CT molecular complexity index is 1990. The number of hydrogen-bond acceptors (Lipinski definition) is 8. The van der Waals surface area contributed by atoms with E-state index in [9.17, 15) is 10.2 Å². The number of fused-ring (bicyclic) bond motifs is 1. The molecule has 2 unspecified atom stereocenters. The highest BCUT2D eigenvalue weighted by Crippen LogP contribution is 2.49. The van der Waals surface area contributed by atoms with Crippen LogP contribution in [0.5, 0.6) is 0 Å². The lowest BCUT2D eigenvalue weighted by molar-refractivity contribution is -0.124. The molecule has 0 saturated carbocycles. The number of thiophene rings is 2. The fraction of sp³-hybridized carbons (Fsp3) is 0.763. The first-order valence-electron chi connectivity index (χ1n) is 28.6. The van der Waals surface area contributed by atoms with Gasteiger partial charge in [0, 0.05) is 22.6 Å². The van der Waals surface area contributed by atoms with Gasteiger partial charge in [0.25, 0.3) is 11.8 Å². The van der Waals surface area contributed by atoms with Crippen LogP contribution < -0.4 is 9.55 Å². The van der Waals surface area contributed by atoms with E-state index in [-0.39, 0.29) is 18.7 Å². The van der Waals surface area contributed by atoms with E-state index < -0.39 is 22.4 Å². The summed E-state index contributed by atoms with van der Waals surface area (Å²) in [6, 6.07) is 8.26. The van der Waals surface area contributed by atoms with Crippen LogP contribution >= 0.6 is 22.7 Å². The molecule has 0 aromatic carbocycles. The van der Waals surface area contributed by atoms with Crippen LogP contribution in [0.3, 0.4) is 0 Å². The molecule has 12 heteroatoms. The van der Waals surface area contributed by atoms with E-state index in [1.165, 1.54) is 114 Å². The standard InChI is InChI=1S/C59H99B2N2O6S2/c1-14-18-22-26-28-32-36-44(34-30-24-20-16-3)42-62-52(46-38-40-48(70-46)60-68-58(9,10)56(5,6)66)50-51(55(62)65)53(47-39-41-49(71-47)61(13)69-59(11,12)57(7,8)67)63(54(50)64)43-45(35-31-25-21-17-4)37-33-29-27-23-19-15-2/h38-41,44-45,66-67H,14-37,42-43H2,1-13H3. The van der Waals surface area contributed by atoms with Crippen molar-refractivity contribution in [1.82, 2.24) is 9.80 Å². The number of carbonyl (C=O) groups is 2. The number of carbonyl (C=O) groups excluding carboxylic acids is 2. The van der Waals surface area contributed by atoms with Gasteiger partial charge in [-0.2, -0.15) is 0 Å². The molecule has 2 aliphatic rings. The molecule has 71 heavy (non-hydrogen) atoms. The fourth-order valence-electron chi connectivity index (χ4n) is 9.81. The summed E-state index contributed by atoms with van der Waals surface area (Å²) in [5, 5.41) is 21.9. The molecule has 2 amide bonds. The second kappa shape index (κ2) is 29.2. The average Bonchev–Trinajstić information content (AvgIpc) is 4.10. The molecule has 2 aliphatic heterocycles. The van der Waals surface area contributed by atoms with Crippen molar-refractivity contribution in [3.05, 3.63) is 45.2 Å². The predicted molar refractivity (Wildman–Crippen MR) is 306 cm³/mol. The molecule has 1 radical (unpaired) electrons. The summed E-state index contributed by atoms with van der Waals surface area (Å²) >= 11 is 3.14. The molecule has 8 nitrogen and oxygen atoms in total. The first-order valence-corrected chi connectivity index (χ1v) is 30.2. The maximum absolute atomic E-state index is 15.8. The number of hydrogen-bond donors (Lipinski definition) is 2. The van der Waals surface area contributed by atoms with Crippen molar-refractivity contribution in [2.45, 2.75) is 266 Å². The first kappa shape index (κ1) is 61.3. The molecule has 2 atom stereocenters. The maximum atomic E-state index is 15.8. The molecule has 4 heterocycles. The summed E-state index contributed by atoms with van der Waals surface area (Å²) < 4.78 is 14.7. The van der Waals surface area contributed by atoms with Gasteiger partial charge in [-0.3, -0.25) is 9.59 Å². The fourth-order valence-corrected chi connectivity index (χ4v) is 11.8. The first-order chi connectivity index (χ1) is 33.6. The van der Waals surface area contributed by atoms with Gasteiger partial charge in [-0.25, -0.2) is 0 Å². The van der Waals surface area contributed by atoms with Crippen molar-refractivity contribution in [3.63, 3.8) is 0 Å². The van der Waals surface area contributed by atoms with Gasteiger partial charge in [-0.05, 0) is 105 Å². The van der Waals surface area contributed by atoms with Gasteiger partial charge >= 0.3 is 14.4 Å². The Morgan fingerprint density at radius 1 is 0.535 bits per heavy atom. The van der Waals surface area contributed by atoms with Crippen LogP contribution in [0, 0.1) is 11.8 Å². The lowest BCUT2D eigenvalue weighted by atomic mass is 9.68. The van der Waals surface area contributed by atoms with Gasteiger partial charge < -0.3 is 29.3 Å². The second-order valence-corrected chi connectivity index (χ2v) is 25.6. The van der Waals surface area contributed by atoms with Crippen molar-refractivity contribution < 1.29 is 29.1 Å². The van der Waals surface area contributed by atoms with Crippen molar-refractivity contribution >= 4 is 69.8 Å². The third kappa shape index (κ3) is 17.7. The molecule has 0 fully saturated rings. The lowest BCUT2D eigenvalue weighted by Crippen LogP contribution is -2.51. The number of nitrogens with zero attached hydrogens (tertiary/aromatic N) is 2. The molecule has 4 rings (SSSR count). The van der Waals surface area contributed by atoms with Crippen molar-refractivity contribution in [2.24, 2.45) is 11.8 Å². The molecule has 2 aromatic heterocycles. The number of amides is 2. The quantitative estimate of drug-likeness (QED) is 0.0513. The molecule has 2 N–H and O–H groups in total. The summed E-state index contributed by atoms with van der Waals surface area (Å²) in [5.41, 5.74) is -1.27. The minimum absolute atomic E-state index is 0.0708. The number of rotatable bonds is 38. The van der Waals surface area contributed by atoms with Crippen LogP contribution in [0.1, 0.15) is 247 Å². The summed E-state index contributed by atoms with van der Waals surface area (Å²) in [6.45, 7) is 26.6. The molecule has 2 aromatic rings. The van der Waals surface area contributed by atoms with Crippen LogP contribution in [0.2, 0.25) is 6.82 Å². The van der Waals surface area contributed by atoms with Gasteiger partial charge in [0.15, 0.2) is 0 Å². The zero-order valence-electron chi connectivity index (χ0n) is 47.2. The Hall–Kier alpha value is -2.21. The Labute approximate surface area is 443 Å². The Morgan fingerprint density at radius 3 is 1.31 bits per heavy atom. The Morgan fingerprint density at radius 2 is 0.901 bits per heavy atom. The Balaban J connectivity index is 1.89. The number of aliphatic hydroxyl groups is 2. The van der Waals surface area contributed by atoms with E-state index in [4.69, 9.17) is 9.31 Å². The van der Waals surface area contributed by atoms with Gasteiger partial charge in [0.2, 0.25) is 0 Å². The van der Waals surface area contributed by atoms with Gasteiger partial charge in [0.05, 0.1) is 54.7 Å². The minimum atomic E-state index is -1.08. The molecular weight excluding hydrogens is 918 g/mol.